The second-order valence-corrected chi connectivity index (χ2v) is 8.47. The van der Waals surface area contributed by atoms with E-state index in [1.165, 1.54) is 11.8 Å². The molecule has 0 aliphatic carbocycles. The van der Waals surface area contributed by atoms with Crippen LogP contribution >= 0.6 is 34.7 Å². The number of aromatic nitrogens is 6. The Hall–Kier alpha value is -2.81. The zero-order valence-corrected chi connectivity index (χ0v) is 17.5. The molecule has 0 fully saturated rings. The highest BCUT2D eigenvalue weighted by molar-refractivity contribution is 7.99. The number of pyridine rings is 1. The smallest absolute Gasteiger partial charge is 0.197 e. The molecule has 29 heavy (non-hydrogen) atoms. The maximum atomic E-state index is 6.05. The minimum Gasteiger partial charge on any atom is -0.305 e. The second-order valence-electron chi connectivity index (χ2n) is 6.22. The maximum absolute atomic E-state index is 6.05. The highest BCUT2D eigenvalue weighted by atomic mass is 35.5. The number of fused-ring (bicyclic) bond motifs is 1. The van der Waals surface area contributed by atoms with Crippen LogP contribution < -0.4 is 0 Å². The van der Waals surface area contributed by atoms with Gasteiger partial charge in [-0.3, -0.25) is 4.98 Å². The van der Waals surface area contributed by atoms with Gasteiger partial charge in [-0.05, 0) is 41.6 Å². The van der Waals surface area contributed by atoms with E-state index in [0.717, 1.165) is 42.9 Å². The van der Waals surface area contributed by atoms with Crippen molar-refractivity contribution < 1.29 is 0 Å². The molecule has 0 amide bonds. The van der Waals surface area contributed by atoms with E-state index in [1.807, 2.05) is 48.0 Å². The van der Waals surface area contributed by atoms with Crippen LogP contribution in [0.25, 0.3) is 32.7 Å². The SMILES string of the molecule is Cn1c(Sc2ncnc3scc(-c4ccc(Cl)cc4)c23)nnc1-c1ccncc1. The van der Waals surface area contributed by atoms with Crippen LogP contribution in [0.4, 0.5) is 0 Å². The molecule has 0 saturated carbocycles. The Morgan fingerprint density at radius 3 is 2.55 bits per heavy atom. The normalized spacial score (nSPS) is 11.2. The molecule has 5 rings (SSSR count). The third-order valence-electron chi connectivity index (χ3n) is 4.45. The first-order chi connectivity index (χ1) is 14.2. The Balaban J connectivity index is 1.57. The molecule has 142 valence electrons. The van der Waals surface area contributed by atoms with Crippen molar-refractivity contribution in [3.05, 3.63) is 65.5 Å². The molecule has 0 radical (unpaired) electrons. The second kappa shape index (κ2) is 7.55. The first-order valence-electron chi connectivity index (χ1n) is 8.66. The molecule has 0 bridgehead atoms. The molecular formula is C20H13ClN6S2. The van der Waals surface area contributed by atoms with Crippen molar-refractivity contribution in [3.63, 3.8) is 0 Å². The van der Waals surface area contributed by atoms with Crippen LogP contribution in [0.15, 0.2) is 70.7 Å². The summed E-state index contributed by atoms with van der Waals surface area (Å²) < 4.78 is 1.96. The summed E-state index contributed by atoms with van der Waals surface area (Å²) in [6.45, 7) is 0. The molecule has 0 aliphatic rings. The van der Waals surface area contributed by atoms with Gasteiger partial charge < -0.3 is 4.57 Å². The largest absolute Gasteiger partial charge is 0.305 e. The van der Waals surface area contributed by atoms with Gasteiger partial charge in [0.2, 0.25) is 0 Å². The molecule has 1 aromatic carbocycles. The van der Waals surface area contributed by atoms with Crippen LogP contribution in [0.5, 0.6) is 0 Å². The summed E-state index contributed by atoms with van der Waals surface area (Å²) in [4.78, 5) is 14.0. The van der Waals surface area contributed by atoms with Gasteiger partial charge in [-0.25, -0.2) is 9.97 Å². The summed E-state index contributed by atoms with van der Waals surface area (Å²) in [7, 11) is 1.95. The van der Waals surface area contributed by atoms with Crippen LogP contribution in [0, 0.1) is 0 Å². The molecule has 0 N–H and O–H groups in total. The fourth-order valence-electron chi connectivity index (χ4n) is 3.01. The number of rotatable bonds is 4. The van der Waals surface area contributed by atoms with Crippen molar-refractivity contribution in [1.82, 2.24) is 29.7 Å². The summed E-state index contributed by atoms with van der Waals surface area (Å²) in [6, 6.07) is 11.6. The third-order valence-corrected chi connectivity index (χ3v) is 6.63. The molecule has 0 spiro atoms. The number of halogens is 1. The van der Waals surface area contributed by atoms with Crippen molar-refractivity contribution >= 4 is 44.9 Å². The van der Waals surface area contributed by atoms with Crippen LogP contribution in [0.1, 0.15) is 0 Å². The lowest BCUT2D eigenvalue weighted by molar-refractivity contribution is 0.792. The third kappa shape index (κ3) is 3.39. The minimum atomic E-state index is 0.710. The van der Waals surface area contributed by atoms with Crippen molar-refractivity contribution in [2.45, 2.75) is 10.2 Å². The van der Waals surface area contributed by atoms with E-state index in [4.69, 9.17) is 11.6 Å². The number of hydrogen-bond donors (Lipinski definition) is 0. The predicted molar refractivity (Wildman–Crippen MR) is 116 cm³/mol. The summed E-state index contributed by atoms with van der Waals surface area (Å²) in [6.07, 6.45) is 5.08. The molecule has 4 heterocycles. The van der Waals surface area contributed by atoms with E-state index in [0.29, 0.717) is 5.02 Å². The standard InChI is InChI=1S/C20H13ClN6S2/c1-27-17(13-6-8-22-9-7-13)25-26-20(27)29-19-16-15(10-28-18(16)23-11-24-19)12-2-4-14(21)5-3-12/h2-11H,1H3. The van der Waals surface area contributed by atoms with Gasteiger partial charge in [0.15, 0.2) is 11.0 Å². The zero-order chi connectivity index (χ0) is 19.8. The summed E-state index contributed by atoms with van der Waals surface area (Å²) in [5.41, 5.74) is 3.13. The van der Waals surface area contributed by atoms with E-state index >= 15 is 0 Å². The molecule has 6 nitrogen and oxygen atoms in total. The Kier molecular flexibility index (Phi) is 4.75. The van der Waals surface area contributed by atoms with E-state index in [2.05, 4.69) is 30.5 Å². The Morgan fingerprint density at radius 1 is 0.966 bits per heavy atom. The monoisotopic (exact) mass is 436 g/mol. The van der Waals surface area contributed by atoms with Gasteiger partial charge in [-0.2, -0.15) is 0 Å². The highest BCUT2D eigenvalue weighted by Crippen LogP contribution is 2.40. The molecule has 9 heteroatoms. The molecular weight excluding hydrogens is 424 g/mol. The van der Waals surface area contributed by atoms with Crippen molar-refractivity contribution in [2.24, 2.45) is 7.05 Å². The lowest BCUT2D eigenvalue weighted by atomic mass is 10.1. The average Bonchev–Trinajstić information content (AvgIpc) is 3.34. The van der Waals surface area contributed by atoms with Gasteiger partial charge in [0.25, 0.3) is 0 Å². The van der Waals surface area contributed by atoms with Gasteiger partial charge >= 0.3 is 0 Å². The Bertz CT molecular complexity index is 1300. The summed E-state index contributed by atoms with van der Waals surface area (Å²) in [5, 5.41) is 14.1. The van der Waals surface area contributed by atoms with E-state index in [1.54, 1.807) is 30.1 Å². The zero-order valence-electron chi connectivity index (χ0n) is 15.2. The summed E-state index contributed by atoms with van der Waals surface area (Å²) >= 11 is 9.13. The van der Waals surface area contributed by atoms with Gasteiger partial charge in [0, 0.05) is 41.0 Å². The molecule has 5 aromatic rings. The fraction of sp³-hybridized carbons (Fsp3) is 0.0500. The highest BCUT2D eigenvalue weighted by Gasteiger charge is 2.18. The predicted octanol–water partition coefficient (Wildman–Crippen LogP) is 5.35. The van der Waals surface area contributed by atoms with Crippen LogP contribution in [-0.4, -0.2) is 29.7 Å². The number of hydrogen-bond acceptors (Lipinski definition) is 7. The van der Waals surface area contributed by atoms with Crippen LogP contribution in [0.3, 0.4) is 0 Å². The lowest BCUT2D eigenvalue weighted by Gasteiger charge is -2.06. The fourth-order valence-corrected chi connectivity index (χ4v) is 5.00. The lowest BCUT2D eigenvalue weighted by Crippen LogP contribution is -1.95. The van der Waals surface area contributed by atoms with Crippen molar-refractivity contribution in [3.8, 4) is 22.5 Å². The maximum Gasteiger partial charge on any atom is 0.197 e. The van der Waals surface area contributed by atoms with Crippen molar-refractivity contribution in [2.75, 3.05) is 0 Å². The van der Waals surface area contributed by atoms with Crippen LogP contribution in [0.2, 0.25) is 5.02 Å². The van der Waals surface area contributed by atoms with E-state index in [-0.39, 0.29) is 0 Å². The van der Waals surface area contributed by atoms with Gasteiger partial charge in [-0.1, -0.05) is 23.7 Å². The molecule has 0 atom stereocenters. The van der Waals surface area contributed by atoms with Gasteiger partial charge in [0.1, 0.15) is 16.2 Å². The Labute approximate surface area is 179 Å². The quantitative estimate of drug-likeness (QED) is 0.353. The van der Waals surface area contributed by atoms with Gasteiger partial charge in [0.05, 0.1) is 5.39 Å². The molecule has 4 aromatic heterocycles. The van der Waals surface area contributed by atoms with Crippen LogP contribution in [-0.2, 0) is 7.05 Å². The molecule has 0 aliphatic heterocycles. The van der Waals surface area contributed by atoms with Crippen molar-refractivity contribution in [1.29, 1.82) is 0 Å². The average molecular weight is 437 g/mol. The topological polar surface area (TPSA) is 69.4 Å². The molecule has 0 unspecified atom stereocenters. The molecule has 0 saturated heterocycles. The number of nitrogens with zero attached hydrogens (tertiary/aromatic N) is 6. The number of thiophene rings is 1. The van der Waals surface area contributed by atoms with Gasteiger partial charge in [-0.15, -0.1) is 21.5 Å². The minimum absolute atomic E-state index is 0.710. The Morgan fingerprint density at radius 2 is 1.76 bits per heavy atom. The first kappa shape index (κ1) is 18.2. The first-order valence-corrected chi connectivity index (χ1v) is 10.7. The van der Waals surface area contributed by atoms with E-state index < -0.39 is 0 Å². The number of benzene rings is 1. The summed E-state index contributed by atoms with van der Waals surface area (Å²) in [5.74, 6) is 0.781. The van der Waals surface area contributed by atoms with E-state index in [9.17, 15) is 0 Å².